The maximum atomic E-state index is 13.5. The minimum Gasteiger partial charge on any atom is -0.497 e. The van der Waals surface area contributed by atoms with Gasteiger partial charge >= 0.3 is 0 Å². The summed E-state index contributed by atoms with van der Waals surface area (Å²) in [5.74, 6) is 0.424. The van der Waals surface area contributed by atoms with Gasteiger partial charge in [0.05, 0.1) is 7.11 Å². The summed E-state index contributed by atoms with van der Waals surface area (Å²) in [5, 5.41) is 2.87. The van der Waals surface area contributed by atoms with Crippen LogP contribution in [-0.2, 0) is 0 Å². The predicted octanol–water partition coefficient (Wildman–Crippen LogP) is 4.83. The molecule has 0 spiro atoms. The molecule has 2 heterocycles. The lowest BCUT2D eigenvalue weighted by molar-refractivity contribution is 0.102. The molecule has 7 heteroatoms. The molecule has 0 unspecified atom stereocenters. The molecule has 166 valence electrons. The number of anilines is 1. The van der Waals surface area contributed by atoms with Gasteiger partial charge in [0.15, 0.2) is 5.65 Å². The molecule has 1 fully saturated rings. The Bertz CT molecular complexity index is 1370. The number of amides is 1. The highest BCUT2D eigenvalue weighted by atomic mass is 16.5. The van der Waals surface area contributed by atoms with Crippen molar-refractivity contribution in [3.63, 3.8) is 0 Å². The second kappa shape index (κ2) is 8.86. The number of ether oxygens (including phenoxy) is 1. The Morgan fingerprint density at radius 1 is 1.06 bits per heavy atom. The summed E-state index contributed by atoms with van der Waals surface area (Å²) in [6.45, 7) is 0. The van der Waals surface area contributed by atoms with E-state index in [9.17, 15) is 9.59 Å². The van der Waals surface area contributed by atoms with Gasteiger partial charge in [-0.1, -0.05) is 31.0 Å². The average Bonchev–Trinajstić information content (AvgIpc) is 3.38. The van der Waals surface area contributed by atoms with Gasteiger partial charge in [-0.3, -0.25) is 14.2 Å². The fourth-order valence-electron chi connectivity index (χ4n) is 4.41. The summed E-state index contributed by atoms with van der Waals surface area (Å²) in [5.41, 5.74) is 3.37. The van der Waals surface area contributed by atoms with Crippen LogP contribution in [0.15, 0.2) is 71.7 Å². The van der Waals surface area contributed by atoms with E-state index >= 15 is 0 Å². The molecule has 0 bridgehead atoms. The second-order valence-electron chi connectivity index (χ2n) is 8.18. The number of aromatic nitrogens is 3. The molecule has 7 nitrogen and oxygen atoms in total. The number of methoxy groups -OCH3 is 1. The van der Waals surface area contributed by atoms with E-state index in [1.807, 2.05) is 28.8 Å². The normalized spacial score (nSPS) is 13.8. The molecule has 1 aliphatic rings. The van der Waals surface area contributed by atoms with Crippen LogP contribution in [0.4, 0.5) is 5.69 Å². The topological polar surface area (TPSA) is 86.1 Å². The van der Waals surface area contributed by atoms with E-state index in [1.165, 1.54) is 0 Å². The molecule has 5 rings (SSSR count). The highest BCUT2D eigenvalue weighted by Gasteiger charge is 2.23. The number of hydrogen-bond acceptors (Lipinski definition) is 5. The zero-order valence-electron chi connectivity index (χ0n) is 18.3. The largest absolute Gasteiger partial charge is 0.497 e. The van der Waals surface area contributed by atoms with Crippen LogP contribution in [0.25, 0.3) is 22.4 Å². The van der Waals surface area contributed by atoms with Crippen molar-refractivity contribution in [2.75, 3.05) is 12.4 Å². The summed E-state index contributed by atoms with van der Waals surface area (Å²) in [6, 6.07) is 18.0. The van der Waals surface area contributed by atoms with Crippen LogP contribution in [0.5, 0.6) is 5.75 Å². The van der Waals surface area contributed by atoms with Gasteiger partial charge in [0.25, 0.3) is 11.5 Å². The van der Waals surface area contributed by atoms with Crippen molar-refractivity contribution in [2.24, 2.45) is 0 Å². The minimum absolute atomic E-state index is 0.137. The molecule has 0 saturated heterocycles. The first-order valence-electron chi connectivity index (χ1n) is 11.1. The highest BCUT2D eigenvalue weighted by Crippen LogP contribution is 2.31. The third-order valence-corrected chi connectivity index (χ3v) is 6.09. The second-order valence-corrected chi connectivity index (χ2v) is 8.18. The number of carbonyl (C=O) groups excluding carboxylic acids is 1. The molecule has 1 amide bonds. The Morgan fingerprint density at radius 2 is 1.85 bits per heavy atom. The summed E-state index contributed by atoms with van der Waals surface area (Å²) in [4.78, 5) is 35.2. The van der Waals surface area contributed by atoms with Gasteiger partial charge in [-0.15, -0.1) is 0 Å². The maximum absolute atomic E-state index is 13.5. The standard InChI is InChI=1S/C26H24N4O3/c1-33-21-9-4-6-19(16-21)28-25(31)18-13-11-17(12-14-18)23-26(32)30(20-7-2-3-8-20)24-22(29-23)10-5-15-27-24/h4-6,9-16,20H,2-3,7-8H2,1H3,(H,28,31). The summed E-state index contributed by atoms with van der Waals surface area (Å²) < 4.78 is 7.01. The molecule has 4 aromatic rings. The van der Waals surface area contributed by atoms with Gasteiger partial charge in [-0.2, -0.15) is 0 Å². The molecule has 1 saturated carbocycles. The van der Waals surface area contributed by atoms with E-state index in [-0.39, 0.29) is 17.5 Å². The van der Waals surface area contributed by atoms with Crippen molar-refractivity contribution >= 4 is 22.8 Å². The molecule has 2 aromatic heterocycles. The molecule has 33 heavy (non-hydrogen) atoms. The number of rotatable bonds is 5. The Hall–Kier alpha value is -4.00. The van der Waals surface area contributed by atoms with Crippen LogP contribution < -0.4 is 15.6 Å². The third kappa shape index (κ3) is 4.09. The Balaban J connectivity index is 1.47. The SMILES string of the molecule is COc1cccc(NC(=O)c2ccc(-c3nc4cccnc4n(C4CCCC4)c3=O)cc2)c1. The van der Waals surface area contributed by atoms with Gasteiger partial charge < -0.3 is 10.1 Å². The lowest BCUT2D eigenvalue weighted by Gasteiger charge is -2.17. The molecule has 2 aromatic carbocycles. The third-order valence-electron chi connectivity index (χ3n) is 6.09. The Labute approximate surface area is 191 Å². The van der Waals surface area contributed by atoms with Crippen LogP contribution in [0.1, 0.15) is 42.1 Å². The van der Waals surface area contributed by atoms with E-state index < -0.39 is 0 Å². The molecular weight excluding hydrogens is 416 g/mol. The van der Waals surface area contributed by atoms with Crippen LogP contribution in [0.2, 0.25) is 0 Å². The van der Waals surface area contributed by atoms with E-state index in [0.29, 0.717) is 39.4 Å². The lowest BCUT2D eigenvalue weighted by atomic mass is 10.1. The monoisotopic (exact) mass is 440 g/mol. The van der Waals surface area contributed by atoms with Gasteiger partial charge in [-0.05, 0) is 49.2 Å². The molecule has 1 N–H and O–H groups in total. The maximum Gasteiger partial charge on any atom is 0.278 e. The molecule has 0 atom stereocenters. The average molecular weight is 441 g/mol. The van der Waals surface area contributed by atoms with Crippen molar-refractivity contribution in [1.82, 2.24) is 14.5 Å². The van der Waals surface area contributed by atoms with Crippen LogP contribution in [-0.4, -0.2) is 27.6 Å². The number of benzene rings is 2. The Kier molecular flexibility index (Phi) is 5.60. The van der Waals surface area contributed by atoms with E-state index in [1.54, 1.807) is 49.7 Å². The van der Waals surface area contributed by atoms with Crippen LogP contribution in [0.3, 0.4) is 0 Å². The Morgan fingerprint density at radius 3 is 2.61 bits per heavy atom. The number of carbonyl (C=O) groups is 1. The summed E-state index contributed by atoms with van der Waals surface area (Å²) >= 11 is 0. The van der Waals surface area contributed by atoms with Crippen molar-refractivity contribution in [3.8, 4) is 17.0 Å². The molecule has 1 aliphatic carbocycles. The fourth-order valence-corrected chi connectivity index (χ4v) is 4.41. The summed E-state index contributed by atoms with van der Waals surface area (Å²) in [6.07, 6.45) is 5.86. The van der Waals surface area contributed by atoms with Crippen molar-refractivity contribution in [3.05, 3.63) is 82.8 Å². The van der Waals surface area contributed by atoms with E-state index in [2.05, 4.69) is 15.3 Å². The highest BCUT2D eigenvalue weighted by molar-refractivity contribution is 6.04. The van der Waals surface area contributed by atoms with E-state index in [4.69, 9.17) is 4.74 Å². The number of pyridine rings is 1. The molecular formula is C26H24N4O3. The summed E-state index contributed by atoms with van der Waals surface area (Å²) in [7, 11) is 1.58. The van der Waals surface area contributed by atoms with Gasteiger partial charge in [0.1, 0.15) is 17.0 Å². The zero-order valence-corrected chi connectivity index (χ0v) is 18.3. The first kappa shape index (κ1) is 20.9. The van der Waals surface area contributed by atoms with Crippen molar-refractivity contribution < 1.29 is 9.53 Å². The number of nitrogens with one attached hydrogen (secondary N) is 1. The van der Waals surface area contributed by atoms with Gasteiger partial charge in [-0.25, -0.2) is 9.97 Å². The predicted molar refractivity (Wildman–Crippen MR) is 128 cm³/mol. The minimum atomic E-state index is -0.242. The first-order valence-corrected chi connectivity index (χ1v) is 11.1. The van der Waals surface area contributed by atoms with Gasteiger partial charge in [0, 0.05) is 35.1 Å². The van der Waals surface area contributed by atoms with Gasteiger partial charge in [0.2, 0.25) is 0 Å². The quantitative estimate of drug-likeness (QED) is 0.480. The zero-order chi connectivity index (χ0) is 22.8. The molecule has 0 aliphatic heterocycles. The van der Waals surface area contributed by atoms with Crippen molar-refractivity contribution in [1.29, 1.82) is 0 Å². The lowest BCUT2D eigenvalue weighted by Crippen LogP contribution is -2.27. The van der Waals surface area contributed by atoms with E-state index in [0.717, 1.165) is 25.7 Å². The number of nitrogens with zero attached hydrogens (tertiary/aromatic N) is 3. The number of hydrogen-bond donors (Lipinski definition) is 1. The van der Waals surface area contributed by atoms with Crippen LogP contribution in [0, 0.1) is 0 Å². The first-order chi connectivity index (χ1) is 16.1. The number of fused-ring (bicyclic) bond motifs is 1. The molecule has 0 radical (unpaired) electrons. The van der Waals surface area contributed by atoms with Crippen LogP contribution >= 0.6 is 0 Å². The smallest absolute Gasteiger partial charge is 0.278 e. The van der Waals surface area contributed by atoms with Crippen molar-refractivity contribution in [2.45, 2.75) is 31.7 Å². The fraction of sp³-hybridized carbons (Fsp3) is 0.231.